The number of amides is 1. The number of phenols is 1. The van der Waals surface area contributed by atoms with Gasteiger partial charge < -0.3 is 10.2 Å². The van der Waals surface area contributed by atoms with Crippen LogP contribution in [0.15, 0.2) is 70.9 Å². The Morgan fingerprint density at radius 3 is 2.45 bits per heavy atom. The monoisotopic (exact) mass is 442 g/mol. The quantitative estimate of drug-likeness (QED) is 0.396. The maximum atomic E-state index is 12.9. The summed E-state index contributed by atoms with van der Waals surface area (Å²) in [6.07, 6.45) is 0. The normalized spacial score (nSPS) is 14.5. The average molecular weight is 442 g/mol. The zero-order valence-electron chi connectivity index (χ0n) is 18.3. The van der Waals surface area contributed by atoms with E-state index in [1.807, 2.05) is 32.0 Å². The van der Waals surface area contributed by atoms with Gasteiger partial charge in [-0.15, -0.1) is 0 Å². The minimum absolute atomic E-state index is 0.0662. The fraction of sp³-hybridized carbons (Fsp3) is 0.120. The molecule has 3 aromatic rings. The van der Waals surface area contributed by atoms with Crippen LogP contribution in [-0.2, 0) is 4.79 Å². The highest BCUT2D eigenvalue weighted by atomic mass is 16.4. The van der Waals surface area contributed by atoms with Gasteiger partial charge in [-0.05, 0) is 79.4 Å². The summed E-state index contributed by atoms with van der Waals surface area (Å²) in [6, 6.07) is 16.9. The van der Waals surface area contributed by atoms with Crippen molar-refractivity contribution >= 4 is 34.7 Å². The van der Waals surface area contributed by atoms with Crippen molar-refractivity contribution in [3.63, 3.8) is 0 Å². The Morgan fingerprint density at radius 1 is 0.970 bits per heavy atom. The van der Waals surface area contributed by atoms with Crippen LogP contribution < -0.4 is 10.4 Å². The van der Waals surface area contributed by atoms with Gasteiger partial charge in [-0.2, -0.15) is 15.2 Å². The summed E-state index contributed by atoms with van der Waals surface area (Å²) in [5, 5.41) is 29.3. The number of hydrogen-bond acceptors (Lipinski definition) is 6. The fourth-order valence-corrected chi connectivity index (χ4v) is 3.41. The van der Waals surface area contributed by atoms with Gasteiger partial charge in [0.05, 0.1) is 22.6 Å². The molecule has 3 aromatic carbocycles. The number of rotatable bonds is 5. The van der Waals surface area contributed by atoms with Crippen molar-refractivity contribution in [2.75, 3.05) is 10.4 Å². The van der Waals surface area contributed by atoms with Gasteiger partial charge in [0, 0.05) is 0 Å². The number of nitrogens with zero attached hydrogens (tertiary/aromatic N) is 3. The van der Waals surface area contributed by atoms with Gasteiger partial charge in [-0.3, -0.25) is 10.2 Å². The van der Waals surface area contributed by atoms with Crippen LogP contribution >= 0.6 is 0 Å². The molecule has 1 amide bonds. The first-order valence-corrected chi connectivity index (χ1v) is 10.2. The Kier molecular flexibility index (Phi) is 5.66. The first-order chi connectivity index (χ1) is 15.7. The van der Waals surface area contributed by atoms with Crippen molar-refractivity contribution in [2.24, 2.45) is 10.2 Å². The van der Waals surface area contributed by atoms with Crippen LogP contribution in [0, 0.1) is 13.8 Å². The highest BCUT2D eigenvalue weighted by Gasteiger charge is 2.31. The van der Waals surface area contributed by atoms with Crippen LogP contribution in [-0.4, -0.2) is 33.5 Å². The maximum Gasteiger partial charge on any atom is 0.335 e. The van der Waals surface area contributed by atoms with Crippen molar-refractivity contribution in [3.8, 4) is 16.9 Å². The molecular weight excluding hydrogens is 420 g/mol. The van der Waals surface area contributed by atoms with E-state index in [9.17, 15) is 19.8 Å². The lowest BCUT2D eigenvalue weighted by atomic mass is 10.0. The predicted octanol–water partition coefficient (Wildman–Crippen LogP) is 4.56. The lowest BCUT2D eigenvalue weighted by Gasteiger charge is -2.13. The summed E-state index contributed by atoms with van der Waals surface area (Å²) in [5.74, 6) is -1.47. The van der Waals surface area contributed by atoms with E-state index in [1.165, 1.54) is 17.1 Å². The van der Waals surface area contributed by atoms with E-state index in [4.69, 9.17) is 0 Å². The lowest BCUT2D eigenvalue weighted by molar-refractivity contribution is -0.112. The number of anilines is 2. The molecule has 0 saturated carbocycles. The molecule has 0 saturated heterocycles. The SMILES string of the molecule is CC1=NN(c2ccc(C)c(C)c2)C(=O)C1=NNc1cc(-c2cccc(C(=O)O)c2)ccc1O. The van der Waals surface area contributed by atoms with Gasteiger partial charge in [0.25, 0.3) is 0 Å². The molecule has 0 fully saturated rings. The molecule has 0 radical (unpaired) electrons. The van der Waals surface area contributed by atoms with E-state index in [2.05, 4.69) is 15.6 Å². The minimum atomic E-state index is -1.02. The number of aromatic carboxylic acids is 1. The van der Waals surface area contributed by atoms with E-state index < -0.39 is 5.97 Å². The highest BCUT2D eigenvalue weighted by molar-refractivity contribution is 6.71. The lowest BCUT2D eigenvalue weighted by Crippen LogP contribution is -2.28. The summed E-state index contributed by atoms with van der Waals surface area (Å²) in [4.78, 5) is 24.2. The summed E-state index contributed by atoms with van der Waals surface area (Å²) < 4.78 is 0. The third-order valence-corrected chi connectivity index (χ3v) is 5.45. The molecule has 0 aromatic heterocycles. The molecule has 0 spiro atoms. The second kappa shape index (κ2) is 8.58. The highest BCUT2D eigenvalue weighted by Crippen LogP contribution is 2.31. The number of carboxylic acids is 1. The fourth-order valence-electron chi connectivity index (χ4n) is 3.41. The molecular formula is C25H22N4O4. The first kappa shape index (κ1) is 21.8. The van der Waals surface area contributed by atoms with Gasteiger partial charge in [-0.1, -0.05) is 24.3 Å². The Morgan fingerprint density at radius 2 is 1.73 bits per heavy atom. The van der Waals surface area contributed by atoms with Gasteiger partial charge in [0.1, 0.15) is 5.75 Å². The summed E-state index contributed by atoms with van der Waals surface area (Å²) >= 11 is 0. The molecule has 1 aliphatic rings. The molecule has 8 heteroatoms. The molecule has 0 aliphatic carbocycles. The predicted molar refractivity (Wildman–Crippen MR) is 128 cm³/mol. The molecule has 33 heavy (non-hydrogen) atoms. The summed E-state index contributed by atoms with van der Waals surface area (Å²) in [6.45, 7) is 5.65. The number of phenolic OH excluding ortho intramolecular Hbond substituents is 1. The maximum absolute atomic E-state index is 12.9. The Labute approximate surface area is 190 Å². The van der Waals surface area contributed by atoms with Gasteiger partial charge >= 0.3 is 11.9 Å². The standard InChI is InChI=1S/C25H22N4O4/c1-14-7-9-20(11-15(14)2)29-24(31)23(16(3)28-29)27-26-21-13-18(8-10-22(21)30)17-5-4-6-19(12-17)25(32)33/h4-13,26,30H,1-3H3,(H,32,33). The first-order valence-electron chi connectivity index (χ1n) is 10.2. The largest absolute Gasteiger partial charge is 0.506 e. The zero-order chi connectivity index (χ0) is 23.7. The average Bonchev–Trinajstić information content (AvgIpc) is 3.08. The Balaban J connectivity index is 1.60. The summed E-state index contributed by atoms with van der Waals surface area (Å²) in [7, 11) is 0. The molecule has 1 aliphatic heterocycles. The van der Waals surface area contributed by atoms with Gasteiger partial charge in [0.2, 0.25) is 0 Å². The van der Waals surface area contributed by atoms with E-state index >= 15 is 0 Å². The van der Waals surface area contributed by atoms with Crippen LogP contribution in [0.25, 0.3) is 11.1 Å². The van der Waals surface area contributed by atoms with Crippen LogP contribution in [0.3, 0.4) is 0 Å². The number of carboxylic acid groups (broad SMARTS) is 1. The molecule has 3 N–H and O–H groups in total. The number of hydrazone groups is 2. The van der Waals surface area contributed by atoms with Crippen molar-refractivity contribution < 1.29 is 19.8 Å². The molecule has 0 unspecified atom stereocenters. The van der Waals surface area contributed by atoms with E-state index in [-0.39, 0.29) is 28.6 Å². The zero-order valence-corrected chi connectivity index (χ0v) is 18.3. The smallest absolute Gasteiger partial charge is 0.335 e. The molecule has 0 bridgehead atoms. The third-order valence-electron chi connectivity index (χ3n) is 5.45. The van der Waals surface area contributed by atoms with Crippen LogP contribution in [0.5, 0.6) is 5.75 Å². The number of hydrogen-bond donors (Lipinski definition) is 3. The Bertz CT molecular complexity index is 1340. The van der Waals surface area contributed by atoms with Crippen molar-refractivity contribution in [3.05, 3.63) is 77.4 Å². The number of benzene rings is 3. The van der Waals surface area contributed by atoms with E-state index in [0.717, 1.165) is 11.1 Å². The summed E-state index contributed by atoms with van der Waals surface area (Å²) in [5.41, 5.74) is 7.91. The van der Waals surface area contributed by atoms with E-state index in [0.29, 0.717) is 22.5 Å². The number of aromatic hydroxyl groups is 1. The van der Waals surface area contributed by atoms with E-state index in [1.54, 1.807) is 37.3 Å². The van der Waals surface area contributed by atoms with Crippen LogP contribution in [0.4, 0.5) is 11.4 Å². The number of aryl methyl sites for hydroxylation is 2. The molecule has 8 nitrogen and oxygen atoms in total. The molecule has 4 rings (SSSR count). The second-order valence-corrected chi connectivity index (χ2v) is 7.76. The topological polar surface area (TPSA) is 115 Å². The number of carbonyl (C=O) groups is 2. The minimum Gasteiger partial charge on any atom is -0.506 e. The molecule has 1 heterocycles. The number of carbonyl (C=O) groups excluding carboxylic acids is 1. The van der Waals surface area contributed by atoms with Crippen molar-refractivity contribution in [2.45, 2.75) is 20.8 Å². The van der Waals surface area contributed by atoms with Gasteiger partial charge in [-0.25, -0.2) is 4.79 Å². The van der Waals surface area contributed by atoms with Crippen molar-refractivity contribution in [1.29, 1.82) is 0 Å². The Hall–Kier alpha value is -4.46. The van der Waals surface area contributed by atoms with Gasteiger partial charge in [0.15, 0.2) is 5.71 Å². The van der Waals surface area contributed by atoms with Crippen LogP contribution in [0.2, 0.25) is 0 Å². The number of nitrogens with one attached hydrogen (secondary N) is 1. The van der Waals surface area contributed by atoms with Crippen LogP contribution in [0.1, 0.15) is 28.4 Å². The van der Waals surface area contributed by atoms with Crippen molar-refractivity contribution in [1.82, 2.24) is 0 Å². The molecule has 166 valence electrons. The second-order valence-electron chi connectivity index (χ2n) is 7.76. The third kappa shape index (κ3) is 4.31. The molecule has 0 atom stereocenters.